The number of nitrogens with zero attached hydrogens (tertiary/aromatic N) is 2. The fourth-order valence-corrected chi connectivity index (χ4v) is 5.78. The molecule has 0 aliphatic rings. The van der Waals surface area contributed by atoms with Gasteiger partial charge in [0.15, 0.2) is 0 Å². The first kappa shape index (κ1) is 29.8. The quantitative estimate of drug-likeness (QED) is 0.304. The van der Waals surface area contributed by atoms with Crippen molar-refractivity contribution >= 4 is 62.3 Å². The SMILES string of the molecule is CCCNC(=O)[C@@H](C)N(Cc1ccccc1Cl)C(=O)CN(c1cc(Cl)ccc1Cl)S(=O)(=O)c1ccccc1. The van der Waals surface area contributed by atoms with Crippen LogP contribution in [0.5, 0.6) is 0 Å². The number of sulfonamides is 1. The molecule has 0 aromatic heterocycles. The van der Waals surface area contributed by atoms with Gasteiger partial charge in [0.05, 0.1) is 15.6 Å². The minimum absolute atomic E-state index is 0.0122. The van der Waals surface area contributed by atoms with Gasteiger partial charge in [-0.2, -0.15) is 0 Å². The lowest BCUT2D eigenvalue weighted by molar-refractivity contribution is -0.139. The van der Waals surface area contributed by atoms with E-state index in [4.69, 9.17) is 34.8 Å². The fraction of sp³-hybridized carbons (Fsp3) is 0.259. The van der Waals surface area contributed by atoms with Crippen molar-refractivity contribution in [3.05, 3.63) is 93.4 Å². The number of amides is 2. The third-order valence-electron chi connectivity index (χ3n) is 5.80. The van der Waals surface area contributed by atoms with Crippen LogP contribution in [-0.2, 0) is 26.2 Å². The molecule has 0 saturated heterocycles. The Morgan fingerprint density at radius 1 is 0.921 bits per heavy atom. The van der Waals surface area contributed by atoms with Crippen molar-refractivity contribution in [1.29, 1.82) is 0 Å². The van der Waals surface area contributed by atoms with Crippen LogP contribution in [0.4, 0.5) is 5.69 Å². The zero-order valence-electron chi connectivity index (χ0n) is 20.9. The molecule has 0 saturated carbocycles. The van der Waals surface area contributed by atoms with Crippen LogP contribution in [0.3, 0.4) is 0 Å². The normalized spacial score (nSPS) is 12.0. The fourth-order valence-electron chi connectivity index (χ4n) is 3.70. The molecule has 202 valence electrons. The number of carbonyl (C=O) groups is 2. The maximum atomic E-state index is 13.9. The lowest BCUT2D eigenvalue weighted by atomic mass is 10.1. The number of nitrogens with one attached hydrogen (secondary N) is 1. The highest BCUT2D eigenvalue weighted by atomic mass is 35.5. The maximum Gasteiger partial charge on any atom is 0.264 e. The summed E-state index contributed by atoms with van der Waals surface area (Å²) >= 11 is 18.9. The summed E-state index contributed by atoms with van der Waals surface area (Å²) in [6.07, 6.45) is 0.716. The number of rotatable bonds is 11. The number of anilines is 1. The first-order valence-electron chi connectivity index (χ1n) is 11.9. The van der Waals surface area contributed by atoms with Gasteiger partial charge in [-0.1, -0.05) is 78.1 Å². The summed E-state index contributed by atoms with van der Waals surface area (Å²) in [5, 5.41) is 3.54. The second-order valence-corrected chi connectivity index (χ2v) is 11.6. The van der Waals surface area contributed by atoms with E-state index in [1.807, 2.05) is 6.92 Å². The van der Waals surface area contributed by atoms with Gasteiger partial charge in [0, 0.05) is 23.1 Å². The molecule has 0 spiro atoms. The molecule has 0 fully saturated rings. The molecule has 7 nitrogen and oxygen atoms in total. The Kier molecular flexibility index (Phi) is 10.4. The van der Waals surface area contributed by atoms with E-state index in [1.54, 1.807) is 49.4 Å². The second-order valence-electron chi connectivity index (χ2n) is 8.50. The van der Waals surface area contributed by atoms with Crippen molar-refractivity contribution in [3.8, 4) is 0 Å². The molecular weight excluding hydrogens is 569 g/mol. The molecule has 2 amide bonds. The molecule has 0 heterocycles. The number of halogens is 3. The molecule has 38 heavy (non-hydrogen) atoms. The standard InChI is InChI=1S/C27H28Cl3N3O4S/c1-3-15-31-27(35)19(2)32(17-20-9-7-8-12-23(20)29)26(34)18-33(25-16-21(28)13-14-24(25)30)38(36,37)22-10-5-4-6-11-22/h4-14,16,19H,3,15,17-18H2,1-2H3,(H,31,35)/t19-/m1/s1. The summed E-state index contributed by atoms with van der Waals surface area (Å²) in [6.45, 7) is 3.29. The molecule has 0 aliphatic carbocycles. The summed E-state index contributed by atoms with van der Waals surface area (Å²) < 4.78 is 28.4. The summed E-state index contributed by atoms with van der Waals surface area (Å²) in [5.74, 6) is -0.995. The summed E-state index contributed by atoms with van der Waals surface area (Å²) in [4.78, 5) is 28.0. The van der Waals surface area contributed by atoms with Gasteiger partial charge < -0.3 is 10.2 Å². The van der Waals surface area contributed by atoms with Crippen LogP contribution < -0.4 is 9.62 Å². The lowest BCUT2D eigenvalue weighted by Gasteiger charge is -2.32. The van der Waals surface area contributed by atoms with Crippen LogP contribution in [0.25, 0.3) is 0 Å². The van der Waals surface area contributed by atoms with Crippen molar-refractivity contribution in [2.45, 2.75) is 37.8 Å². The number of carbonyl (C=O) groups excluding carboxylic acids is 2. The van der Waals surface area contributed by atoms with E-state index in [9.17, 15) is 18.0 Å². The van der Waals surface area contributed by atoms with Crippen LogP contribution >= 0.6 is 34.8 Å². The summed E-state index contributed by atoms with van der Waals surface area (Å²) in [7, 11) is -4.25. The van der Waals surface area contributed by atoms with Gasteiger partial charge >= 0.3 is 0 Å². The van der Waals surface area contributed by atoms with Crippen molar-refractivity contribution in [3.63, 3.8) is 0 Å². The molecule has 1 atom stereocenters. The van der Waals surface area contributed by atoms with Crippen LogP contribution in [0.2, 0.25) is 15.1 Å². The van der Waals surface area contributed by atoms with E-state index in [2.05, 4.69) is 5.32 Å². The lowest BCUT2D eigenvalue weighted by Crippen LogP contribution is -2.51. The van der Waals surface area contributed by atoms with Crippen molar-refractivity contribution in [1.82, 2.24) is 10.2 Å². The molecule has 3 aromatic rings. The van der Waals surface area contributed by atoms with E-state index in [-0.39, 0.29) is 33.1 Å². The van der Waals surface area contributed by atoms with E-state index in [0.717, 1.165) is 4.31 Å². The van der Waals surface area contributed by atoms with Crippen LogP contribution in [0.1, 0.15) is 25.8 Å². The Morgan fingerprint density at radius 3 is 2.24 bits per heavy atom. The third kappa shape index (κ3) is 7.20. The van der Waals surface area contributed by atoms with E-state index < -0.39 is 28.5 Å². The number of benzene rings is 3. The Balaban J connectivity index is 2.06. The number of hydrogen-bond donors (Lipinski definition) is 1. The van der Waals surface area contributed by atoms with Crippen molar-refractivity contribution < 1.29 is 18.0 Å². The Hall–Kier alpha value is -2.78. The van der Waals surface area contributed by atoms with Gasteiger partial charge in [0.2, 0.25) is 11.8 Å². The van der Waals surface area contributed by atoms with Crippen molar-refractivity contribution in [2.75, 3.05) is 17.4 Å². The van der Waals surface area contributed by atoms with Gasteiger partial charge in [-0.05, 0) is 55.3 Å². The summed E-state index contributed by atoms with van der Waals surface area (Å²) in [5.41, 5.74) is 0.646. The van der Waals surface area contributed by atoms with Crippen LogP contribution in [0.15, 0.2) is 77.7 Å². The molecule has 0 radical (unpaired) electrons. The maximum absolute atomic E-state index is 13.9. The zero-order chi connectivity index (χ0) is 27.9. The van der Waals surface area contributed by atoms with Gasteiger partial charge in [-0.25, -0.2) is 8.42 Å². The van der Waals surface area contributed by atoms with E-state index in [0.29, 0.717) is 23.6 Å². The topological polar surface area (TPSA) is 86.8 Å². The largest absolute Gasteiger partial charge is 0.354 e. The molecule has 0 unspecified atom stereocenters. The van der Waals surface area contributed by atoms with Gasteiger partial charge in [-0.15, -0.1) is 0 Å². The molecular formula is C27H28Cl3N3O4S. The Labute approximate surface area is 238 Å². The minimum Gasteiger partial charge on any atom is -0.354 e. The van der Waals surface area contributed by atoms with Crippen molar-refractivity contribution in [2.24, 2.45) is 0 Å². The Morgan fingerprint density at radius 2 is 1.58 bits per heavy atom. The van der Waals surface area contributed by atoms with Crippen LogP contribution in [0, 0.1) is 0 Å². The molecule has 3 aromatic carbocycles. The average molecular weight is 597 g/mol. The highest BCUT2D eigenvalue weighted by molar-refractivity contribution is 7.92. The Bertz CT molecular complexity index is 1390. The smallest absolute Gasteiger partial charge is 0.264 e. The molecule has 11 heteroatoms. The predicted octanol–water partition coefficient (Wildman–Crippen LogP) is 5.79. The third-order valence-corrected chi connectivity index (χ3v) is 8.50. The van der Waals surface area contributed by atoms with E-state index >= 15 is 0 Å². The predicted molar refractivity (Wildman–Crippen MR) is 152 cm³/mol. The van der Waals surface area contributed by atoms with Gasteiger partial charge in [-0.3, -0.25) is 13.9 Å². The van der Waals surface area contributed by atoms with E-state index in [1.165, 1.54) is 35.2 Å². The van der Waals surface area contributed by atoms with Crippen LogP contribution in [-0.4, -0.2) is 44.3 Å². The highest BCUT2D eigenvalue weighted by Gasteiger charge is 2.33. The zero-order valence-corrected chi connectivity index (χ0v) is 24.0. The second kappa shape index (κ2) is 13.3. The van der Waals surface area contributed by atoms with Gasteiger partial charge in [0.1, 0.15) is 12.6 Å². The minimum atomic E-state index is -4.25. The average Bonchev–Trinajstić information content (AvgIpc) is 2.91. The highest BCUT2D eigenvalue weighted by Crippen LogP contribution is 2.33. The molecule has 0 bridgehead atoms. The summed E-state index contributed by atoms with van der Waals surface area (Å²) in [6, 6.07) is 18.1. The monoisotopic (exact) mass is 595 g/mol. The molecule has 1 N–H and O–H groups in total. The first-order valence-corrected chi connectivity index (χ1v) is 14.5. The molecule has 0 aliphatic heterocycles. The van der Waals surface area contributed by atoms with Gasteiger partial charge in [0.25, 0.3) is 10.0 Å². The first-order chi connectivity index (χ1) is 18.1. The molecule has 3 rings (SSSR count). The number of hydrogen-bond acceptors (Lipinski definition) is 4.